The van der Waals surface area contributed by atoms with Crippen LogP contribution in [-0.4, -0.2) is 68.2 Å². The second kappa shape index (κ2) is 6.08. The van der Waals surface area contributed by atoms with Crippen molar-refractivity contribution in [1.82, 2.24) is 0 Å². The van der Waals surface area contributed by atoms with Gasteiger partial charge in [-0.15, -0.1) is 0 Å². The Kier molecular flexibility index (Phi) is 4.94. The quantitative estimate of drug-likeness (QED) is 0.747. The average molecular weight is 306 g/mol. The lowest BCUT2D eigenvalue weighted by atomic mass is 9.99. The van der Waals surface area contributed by atoms with Crippen molar-refractivity contribution in [3.63, 3.8) is 0 Å². The summed E-state index contributed by atoms with van der Waals surface area (Å²) in [6, 6.07) is 0. The zero-order chi connectivity index (χ0) is 15.8. The highest BCUT2D eigenvalue weighted by Gasteiger charge is 2.55. The molecule has 7 heteroatoms. The molecule has 2 aliphatic heterocycles. The van der Waals surface area contributed by atoms with E-state index in [0.29, 0.717) is 0 Å². The number of fused-ring (bicyclic) bond motifs is 1. The Morgan fingerprint density at radius 2 is 1.76 bits per heavy atom. The van der Waals surface area contributed by atoms with Gasteiger partial charge in [0.05, 0.1) is 6.61 Å². The van der Waals surface area contributed by atoms with Crippen LogP contribution in [0.1, 0.15) is 27.7 Å². The minimum Gasteiger partial charge on any atom is -0.385 e. The molecule has 0 amide bonds. The van der Waals surface area contributed by atoms with Gasteiger partial charge in [0.15, 0.2) is 17.9 Å². The van der Waals surface area contributed by atoms with Gasteiger partial charge in [-0.2, -0.15) is 0 Å². The van der Waals surface area contributed by atoms with Gasteiger partial charge < -0.3 is 33.5 Å². The Balaban J connectivity index is 2.09. The molecule has 0 bridgehead atoms. The molecule has 1 N–H and O–H groups in total. The molecule has 0 aromatic rings. The van der Waals surface area contributed by atoms with Gasteiger partial charge in [-0.25, -0.2) is 0 Å². The number of methoxy groups -OCH3 is 2. The summed E-state index contributed by atoms with van der Waals surface area (Å²) < 4.78 is 33.4. The molecule has 0 aliphatic carbocycles. The molecule has 5 atom stereocenters. The summed E-state index contributed by atoms with van der Waals surface area (Å²) in [5, 5.41) is 10.2. The Bertz CT molecular complexity index is 357. The summed E-state index contributed by atoms with van der Waals surface area (Å²) in [6.07, 6.45) is -3.04. The maximum absolute atomic E-state index is 10.2. The van der Waals surface area contributed by atoms with Gasteiger partial charge in [0.25, 0.3) is 0 Å². The molecule has 124 valence electrons. The SMILES string of the molecule is CO[C@@H]1O[C@H](COC(C)(C)OC)[C@@H]2OC(C)(C)O[C@@H]2[C@H]1O. The van der Waals surface area contributed by atoms with Crippen LogP contribution in [0.3, 0.4) is 0 Å². The van der Waals surface area contributed by atoms with Gasteiger partial charge >= 0.3 is 0 Å². The van der Waals surface area contributed by atoms with E-state index in [1.807, 2.05) is 13.8 Å². The first kappa shape index (κ1) is 17.1. The first-order chi connectivity index (χ1) is 9.69. The fraction of sp³-hybridized carbons (Fsp3) is 1.00. The molecule has 0 saturated carbocycles. The lowest BCUT2D eigenvalue weighted by Crippen LogP contribution is -2.58. The molecule has 21 heavy (non-hydrogen) atoms. The summed E-state index contributed by atoms with van der Waals surface area (Å²) >= 11 is 0. The summed E-state index contributed by atoms with van der Waals surface area (Å²) in [6.45, 7) is 7.47. The van der Waals surface area contributed by atoms with E-state index in [2.05, 4.69) is 0 Å². The molecule has 0 unspecified atom stereocenters. The summed E-state index contributed by atoms with van der Waals surface area (Å²) in [5.74, 6) is -1.51. The highest BCUT2D eigenvalue weighted by atomic mass is 16.8. The van der Waals surface area contributed by atoms with Crippen molar-refractivity contribution in [3.8, 4) is 0 Å². The molecule has 0 aromatic carbocycles. The number of hydrogen-bond acceptors (Lipinski definition) is 7. The van der Waals surface area contributed by atoms with Crippen molar-refractivity contribution >= 4 is 0 Å². The van der Waals surface area contributed by atoms with Crippen LogP contribution in [0.15, 0.2) is 0 Å². The molecule has 2 fully saturated rings. The smallest absolute Gasteiger partial charge is 0.186 e. The lowest BCUT2D eigenvalue weighted by Gasteiger charge is -2.40. The molecule has 0 radical (unpaired) electrons. The highest BCUT2D eigenvalue weighted by Crippen LogP contribution is 2.38. The predicted molar refractivity (Wildman–Crippen MR) is 72.5 cm³/mol. The fourth-order valence-electron chi connectivity index (χ4n) is 2.52. The van der Waals surface area contributed by atoms with Crippen LogP contribution in [0, 0.1) is 0 Å². The van der Waals surface area contributed by atoms with Crippen LogP contribution >= 0.6 is 0 Å². The second-order valence-corrected chi connectivity index (χ2v) is 6.25. The van der Waals surface area contributed by atoms with Crippen LogP contribution < -0.4 is 0 Å². The predicted octanol–water partition coefficient (Wildman–Crippen LogP) is 0.638. The third-order valence-corrected chi connectivity index (χ3v) is 3.77. The van der Waals surface area contributed by atoms with Crippen LogP contribution in [0.2, 0.25) is 0 Å². The maximum Gasteiger partial charge on any atom is 0.186 e. The van der Waals surface area contributed by atoms with Gasteiger partial charge in [-0.1, -0.05) is 0 Å². The largest absolute Gasteiger partial charge is 0.385 e. The number of aliphatic hydroxyl groups is 1. The molecule has 7 nitrogen and oxygen atoms in total. The molecular weight excluding hydrogens is 280 g/mol. The van der Waals surface area contributed by atoms with Gasteiger partial charge in [-0.05, 0) is 27.7 Å². The van der Waals surface area contributed by atoms with Gasteiger partial charge in [0.2, 0.25) is 0 Å². The van der Waals surface area contributed by atoms with E-state index in [1.54, 1.807) is 21.0 Å². The Hall–Kier alpha value is -0.280. The zero-order valence-electron chi connectivity index (χ0n) is 13.5. The van der Waals surface area contributed by atoms with Crippen LogP contribution in [0.4, 0.5) is 0 Å². The van der Waals surface area contributed by atoms with E-state index in [0.717, 1.165) is 0 Å². The molecule has 2 aliphatic rings. The van der Waals surface area contributed by atoms with E-state index in [4.69, 9.17) is 28.4 Å². The summed E-state index contributed by atoms with van der Waals surface area (Å²) in [7, 11) is 3.05. The van der Waals surface area contributed by atoms with Crippen molar-refractivity contribution in [3.05, 3.63) is 0 Å². The average Bonchev–Trinajstić information content (AvgIpc) is 2.74. The maximum atomic E-state index is 10.2. The number of ether oxygens (including phenoxy) is 6. The minimum absolute atomic E-state index is 0.244. The molecule has 0 spiro atoms. The molecule has 2 heterocycles. The molecule has 0 aromatic heterocycles. The topological polar surface area (TPSA) is 75.6 Å². The monoisotopic (exact) mass is 306 g/mol. The van der Waals surface area contributed by atoms with E-state index in [1.165, 1.54) is 7.11 Å². The molecule has 2 saturated heterocycles. The van der Waals surface area contributed by atoms with Gasteiger partial charge in [0, 0.05) is 14.2 Å². The fourth-order valence-corrected chi connectivity index (χ4v) is 2.52. The normalized spacial score (nSPS) is 39.3. The molecular formula is C14H26O7. The minimum atomic E-state index is -0.909. The first-order valence-electron chi connectivity index (χ1n) is 7.10. The van der Waals surface area contributed by atoms with E-state index in [-0.39, 0.29) is 6.61 Å². The first-order valence-corrected chi connectivity index (χ1v) is 7.10. The number of aliphatic hydroxyl groups excluding tert-OH is 1. The van der Waals surface area contributed by atoms with Crippen molar-refractivity contribution in [1.29, 1.82) is 0 Å². The van der Waals surface area contributed by atoms with Crippen molar-refractivity contribution in [2.45, 2.75) is 70.0 Å². The van der Waals surface area contributed by atoms with Crippen LogP contribution in [0.5, 0.6) is 0 Å². The Morgan fingerprint density at radius 1 is 1.14 bits per heavy atom. The van der Waals surface area contributed by atoms with Crippen molar-refractivity contribution in [2.75, 3.05) is 20.8 Å². The zero-order valence-corrected chi connectivity index (χ0v) is 13.5. The third kappa shape index (κ3) is 3.73. The van der Waals surface area contributed by atoms with Crippen molar-refractivity contribution in [2.24, 2.45) is 0 Å². The van der Waals surface area contributed by atoms with E-state index < -0.39 is 42.3 Å². The third-order valence-electron chi connectivity index (χ3n) is 3.77. The van der Waals surface area contributed by atoms with E-state index >= 15 is 0 Å². The van der Waals surface area contributed by atoms with Crippen molar-refractivity contribution < 1.29 is 33.5 Å². The van der Waals surface area contributed by atoms with Crippen LogP contribution in [-0.2, 0) is 28.4 Å². The number of rotatable bonds is 5. The van der Waals surface area contributed by atoms with E-state index in [9.17, 15) is 5.11 Å². The highest BCUT2D eigenvalue weighted by molar-refractivity contribution is 4.96. The Labute approximate surface area is 125 Å². The molecule has 2 rings (SSSR count). The Morgan fingerprint density at radius 3 is 2.33 bits per heavy atom. The van der Waals surface area contributed by atoms with Crippen LogP contribution in [0.25, 0.3) is 0 Å². The standard InChI is InChI=1S/C14H26O7/c1-13(2,17-6)18-7-8-10-11(21-14(3,4)20-10)9(15)12(16-5)19-8/h8-12,15H,7H2,1-6H3/t8-,9-,10+,11-,12-/m1/s1. The van der Waals surface area contributed by atoms with Gasteiger partial charge in [-0.3, -0.25) is 0 Å². The number of hydrogen-bond donors (Lipinski definition) is 1. The second-order valence-electron chi connectivity index (χ2n) is 6.25. The lowest BCUT2D eigenvalue weighted by molar-refractivity contribution is -0.292. The summed E-state index contributed by atoms with van der Waals surface area (Å²) in [5.41, 5.74) is 0. The van der Waals surface area contributed by atoms with Gasteiger partial charge in [0.1, 0.15) is 24.4 Å². The summed E-state index contributed by atoms with van der Waals surface area (Å²) in [4.78, 5) is 0.